The van der Waals surface area contributed by atoms with E-state index in [-0.39, 0.29) is 16.6 Å². The van der Waals surface area contributed by atoms with Gasteiger partial charge >= 0.3 is 0 Å². The summed E-state index contributed by atoms with van der Waals surface area (Å²) in [6.45, 7) is 13.2. The van der Waals surface area contributed by atoms with Crippen LogP contribution in [-0.4, -0.2) is 32.2 Å². The molecule has 1 aliphatic carbocycles. The van der Waals surface area contributed by atoms with Crippen LogP contribution in [0.2, 0.25) is 0 Å². The van der Waals surface area contributed by atoms with Crippen LogP contribution in [0.15, 0.2) is 91.9 Å². The number of hydrogen-bond acceptors (Lipinski definition) is 7. The third kappa shape index (κ3) is 5.94. The predicted molar refractivity (Wildman–Crippen MR) is 167 cm³/mol. The topological polar surface area (TPSA) is 54.0 Å². The largest absolute Gasteiger partial charge is 0.295 e. The maximum absolute atomic E-state index is 14.2. The Morgan fingerprint density at radius 2 is 1.27 bits per heavy atom. The van der Waals surface area contributed by atoms with Gasteiger partial charge in [-0.1, -0.05) is 108 Å². The van der Waals surface area contributed by atoms with E-state index in [4.69, 9.17) is 19.6 Å². The Morgan fingerprint density at radius 1 is 0.732 bits per heavy atom. The predicted octanol–water partition coefficient (Wildman–Crippen LogP) is 8.69. The molecule has 5 nitrogen and oxygen atoms in total. The number of benzene rings is 2. The quantitative estimate of drug-likeness (QED) is 0.255. The first kappa shape index (κ1) is 30.1. The lowest BCUT2D eigenvalue weighted by atomic mass is 9.88. The summed E-state index contributed by atoms with van der Waals surface area (Å²) in [4.78, 5) is 41.1. The number of hydrogen-bond donors (Lipinski definition) is 0. The molecular weight excluding hydrogens is 553 g/mol. The van der Waals surface area contributed by atoms with Crippen LogP contribution in [0.5, 0.6) is 0 Å². The number of thioether (sulfide) groups is 2. The van der Waals surface area contributed by atoms with E-state index in [1.165, 1.54) is 28.9 Å². The number of rotatable bonds is 5. The van der Waals surface area contributed by atoms with E-state index in [9.17, 15) is 4.79 Å². The second-order valence-electron chi connectivity index (χ2n) is 12.5. The van der Waals surface area contributed by atoms with Crippen molar-refractivity contribution >= 4 is 40.5 Å². The Bertz CT molecular complexity index is 1470. The molecule has 0 aromatic heterocycles. The van der Waals surface area contributed by atoms with Gasteiger partial charge in [0.05, 0.1) is 20.1 Å². The van der Waals surface area contributed by atoms with E-state index in [1.807, 2.05) is 24.3 Å². The van der Waals surface area contributed by atoms with E-state index in [2.05, 4.69) is 84.0 Å². The Morgan fingerprint density at radius 3 is 1.85 bits per heavy atom. The highest BCUT2D eigenvalue weighted by atomic mass is 32.2. The van der Waals surface area contributed by atoms with Crippen molar-refractivity contribution in [3.05, 3.63) is 93.3 Å². The Hall–Kier alpha value is -2.39. The molecule has 0 amide bonds. The van der Waals surface area contributed by atoms with Gasteiger partial charge in [-0.25, -0.2) is 19.6 Å². The molecule has 2 aromatic carbocycles. The van der Waals surface area contributed by atoms with Crippen molar-refractivity contribution in [1.82, 2.24) is 0 Å². The standard InChI is InChI=1S/C34H38O5S2/c1-33(2,3)27-18-20(21-13-9-11-15-25(21)40-27)17-24-30(35)32(39-37-8)29(31(24)38-36-7)23-19-28(34(4,5)6)41-26-16-12-10-14-22(23)26/h9-19,24,31-32H,1-8H3/b20-17?,29-23-. The fraction of sp³-hybridized carbons (Fsp3) is 0.382. The van der Waals surface area contributed by atoms with Crippen molar-refractivity contribution in [2.45, 2.75) is 63.5 Å². The van der Waals surface area contributed by atoms with Crippen molar-refractivity contribution in [3.63, 3.8) is 0 Å². The highest BCUT2D eigenvalue weighted by Gasteiger charge is 2.50. The second kappa shape index (κ2) is 11.7. The number of fused-ring (bicyclic) bond motifs is 2. The molecular formula is C34H38O5S2. The zero-order valence-electron chi connectivity index (χ0n) is 24.9. The second-order valence-corrected chi connectivity index (χ2v) is 14.6. The lowest BCUT2D eigenvalue weighted by Crippen LogP contribution is -2.23. The van der Waals surface area contributed by atoms with E-state index >= 15 is 0 Å². The molecule has 5 rings (SSSR count). The smallest absolute Gasteiger partial charge is 0.179 e. The summed E-state index contributed by atoms with van der Waals surface area (Å²) in [6, 6.07) is 16.6. The third-order valence-electron chi connectivity index (χ3n) is 7.42. The third-order valence-corrected chi connectivity index (χ3v) is 10.5. The summed E-state index contributed by atoms with van der Waals surface area (Å²) in [5.41, 5.74) is 4.58. The molecule has 0 bridgehead atoms. The first-order chi connectivity index (χ1) is 19.4. The fourth-order valence-electron chi connectivity index (χ4n) is 5.30. The molecule has 3 aliphatic rings. The average molecular weight is 591 g/mol. The molecule has 0 saturated heterocycles. The number of carbonyl (C=O) groups excluding carboxylic acids is 1. The van der Waals surface area contributed by atoms with Crippen molar-refractivity contribution in [3.8, 4) is 0 Å². The maximum Gasteiger partial charge on any atom is 0.179 e. The molecule has 216 valence electrons. The van der Waals surface area contributed by atoms with Crippen LogP contribution >= 0.6 is 23.5 Å². The minimum absolute atomic E-state index is 0.0497. The Kier molecular flexibility index (Phi) is 8.59. The molecule has 1 saturated carbocycles. The first-order valence-electron chi connectivity index (χ1n) is 13.8. The minimum atomic E-state index is -0.954. The van der Waals surface area contributed by atoms with E-state index in [0.717, 1.165) is 27.2 Å². The van der Waals surface area contributed by atoms with Crippen LogP contribution < -0.4 is 0 Å². The van der Waals surface area contributed by atoms with Gasteiger partial charge in [0.2, 0.25) is 0 Å². The van der Waals surface area contributed by atoms with E-state index in [0.29, 0.717) is 5.57 Å². The van der Waals surface area contributed by atoms with Crippen LogP contribution in [0, 0.1) is 16.7 Å². The molecule has 7 heteroatoms. The summed E-state index contributed by atoms with van der Waals surface area (Å²) >= 11 is 3.54. The Balaban J connectivity index is 1.74. The molecule has 2 aliphatic heterocycles. The Labute approximate surface area is 251 Å². The van der Waals surface area contributed by atoms with Crippen LogP contribution in [0.3, 0.4) is 0 Å². The van der Waals surface area contributed by atoms with Gasteiger partial charge in [0.1, 0.15) is 6.10 Å². The first-order valence-corrected chi connectivity index (χ1v) is 15.4. The van der Waals surface area contributed by atoms with Crippen molar-refractivity contribution < 1.29 is 24.3 Å². The minimum Gasteiger partial charge on any atom is -0.295 e. The van der Waals surface area contributed by atoms with Crippen molar-refractivity contribution in [2.75, 3.05) is 14.2 Å². The van der Waals surface area contributed by atoms with Crippen molar-refractivity contribution in [1.29, 1.82) is 0 Å². The molecule has 2 aromatic rings. The summed E-state index contributed by atoms with van der Waals surface area (Å²) in [5.74, 6) is -0.791. The summed E-state index contributed by atoms with van der Waals surface area (Å²) in [5, 5.41) is 0. The number of ketones is 1. The number of allylic oxidation sites excluding steroid dienone is 6. The van der Waals surface area contributed by atoms with Gasteiger partial charge < -0.3 is 0 Å². The number of carbonyl (C=O) groups is 1. The highest BCUT2D eigenvalue weighted by molar-refractivity contribution is 8.03. The zero-order valence-corrected chi connectivity index (χ0v) is 26.6. The molecule has 3 unspecified atom stereocenters. The lowest BCUT2D eigenvalue weighted by molar-refractivity contribution is -0.305. The average Bonchev–Trinajstić information content (AvgIpc) is 3.17. The van der Waals surface area contributed by atoms with Gasteiger partial charge in [0.15, 0.2) is 11.9 Å². The molecule has 3 atom stereocenters. The van der Waals surface area contributed by atoms with Crippen LogP contribution in [-0.2, 0) is 24.3 Å². The molecule has 2 heterocycles. The van der Waals surface area contributed by atoms with Crippen LogP contribution in [0.25, 0.3) is 11.1 Å². The zero-order chi connectivity index (χ0) is 29.5. The van der Waals surface area contributed by atoms with Gasteiger partial charge in [-0.3, -0.25) is 4.79 Å². The summed E-state index contributed by atoms with van der Waals surface area (Å²) in [6.07, 6.45) is 4.73. The van der Waals surface area contributed by atoms with Gasteiger partial charge in [-0.2, -0.15) is 0 Å². The monoisotopic (exact) mass is 590 g/mol. The summed E-state index contributed by atoms with van der Waals surface area (Å²) in [7, 11) is 2.91. The van der Waals surface area contributed by atoms with Crippen LogP contribution in [0.4, 0.5) is 0 Å². The molecule has 41 heavy (non-hydrogen) atoms. The van der Waals surface area contributed by atoms with Gasteiger partial charge in [0.25, 0.3) is 0 Å². The van der Waals surface area contributed by atoms with Crippen molar-refractivity contribution in [2.24, 2.45) is 16.7 Å². The van der Waals surface area contributed by atoms with Gasteiger partial charge in [-0.05, 0) is 67.2 Å². The SMILES string of the molecule is COOC1C(=O)C(C=C2C=C(C(C)(C)C)Sc3ccccc32)C(OOC)/C1=C1\C=C(C(C)(C)C)Sc2ccccc21. The van der Waals surface area contributed by atoms with E-state index in [1.54, 1.807) is 23.5 Å². The normalized spacial score (nSPS) is 25.6. The molecule has 0 spiro atoms. The lowest BCUT2D eigenvalue weighted by Gasteiger charge is -2.30. The van der Waals surface area contributed by atoms with E-state index < -0.39 is 18.1 Å². The number of Topliss-reactive ketones (excluding diaryl/α,β-unsaturated/α-hetero) is 1. The highest BCUT2D eigenvalue weighted by Crippen LogP contribution is 2.52. The summed E-state index contributed by atoms with van der Waals surface area (Å²) < 4.78 is 0. The molecule has 0 N–H and O–H groups in total. The molecule has 1 fully saturated rings. The van der Waals surface area contributed by atoms with Gasteiger partial charge in [0, 0.05) is 15.4 Å². The fourth-order valence-corrected chi connectivity index (χ4v) is 7.63. The van der Waals surface area contributed by atoms with Crippen LogP contribution in [0.1, 0.15) is 52.7 Å². The van der Waals surface area contributed by atoms with Gasteiger partial charge in [-0.15, -0.1) is 0 Å². The molecule has 0 radical (unpaired) electrons. The maximum atomic E-state index is 14.2.